The molecular weight excluding hydrogens is 414 g/mol. The smallest absolute Gasteiger partial charge is 0.316 e. The van der Waals surface area contributed by atoms with E-state index in [-0.39, 0.29) is 18.2 Å². The van der Waals surface area contributed by atoms with Crippen LogP contribution in [0.4, 0.5) is 26.1 Å². The third-order valence-corrected chi connectivity index (χ3v) is 4.67. The van der Waals surface area contributed by atoms with Crippen LogP contribution in [-0.4, -0.2) is 16.7 Å². The molecule has 0 atom stereocenters. The van der Waals surface area contributed by atoms with Gasteiger partial charge in [-0.15, -0.1) is 5.73 Å². The van der Waals surface area contributed by atoms with E-state index < -0.39 is 17.2 Å². The van der Waals surface area contributed by atoms with Crippen molar-refractivity contribution in [3.63, 3.8) is 0 Å². The Hall–Kier alpha value is -3.61. The van der Waals surface area contributed by atoms with Crippen LogP contribution in [0.25, 0.3) is 6.08 Å². The topological polar surface area (TPSA) is 68.2 Å². The number of ether oxygens (including phenoxy) is 1. The van der Waals surface area contributed by atoms with Gasteiger partial charge in [0.25, 0.3) is 0 Å². The predicted molar refractivity (Wildman–Crippen MR) is 111 cm³/mol. The number of hydrogen-bond acceptors (Lipinski definition) is 5. The zero-order valence-corrected chi connectivity index (χ0v) is 16.4. The van der Waals surface area contributed by atoms with E-state index in [1.165, 1.54) is 19.4 Å². The van der Waals surface area contributed by atoms with Gasteiger partial charge in [-0.05, 0) is 35.9 Å². The van der Waals surface area contributed by atoms with Crippen LogP contribution >= 0.6 is 11.6 Å². The molecule has 30 heavy (non-hydrogen) atoms. The minimum absolute atomic E-state index is 0.0146. The Morgan fingerprint density at radius 3 is 2.87 bits per heavy atom. The van der Waals surface area contributed by atoms with Crippen molar-refractivity contribution in [1.29, 1.82) is 0 Å². The Labute approximate surface area is 175 Å². The molecule has 2 aromatic carbocycles. The molecule has 0 spiro atoms. The molecule has 0 unspecified atom stereocenters. The van der Waals surface area contributed by atoms with Crippen molar-refractivity contribution in [3.8, 4) is 5.75 Å². The fourth-order valence-corrected chi connectivity index (χ4v) is 3.25. The van der Waals surface area contributed by atoms with E-state index in [2.05, 4.69) is 21.3 Å². The number of hydrogen-bond donors (Lipinski definition) is 2. The number of anilines is 3. The van der Waals surface area contributed by atoms with E-state index in [0.717, 1.165) is 23.4 Å². The quantitative estimate of drug-likeness (QED) is 0.584. The summed E-state index contributed by atoms with van der Waals surface area (Å²) in [6, 6.07) is 7.02. The third-order valence-electron chi connectivity index (χ3n) is 4.45. The summed E-state index contributed by atoms with van der Waals surface area (Å²) in [4.78, 5) is 16.3. The van der Waals surface area contributed by atoms with Gasteiger partial charge in [0.1, 0.15) is 0 Å². The fraction of sp³-hybridized carbons (Fsp3) is 0.0952. The van der Waals surface area contributed by atoms with Gasteiger partial charge in [0.2, 0.25) is 11.7 Å². The van der Waals surface area contributed by atoms with Crippen LogP contribution in [0.15, 0.2) is 53.3 Å². The second-order valence-electron chi connectivity index (χ2n) is 6.45. The van der Waals surface area contributed by atoms with E-state index >= 15 is 0 Å². The first-order valence-corrected chi connectivity index (χ1v) is 9.20. The van der Waals surface area contributed by atoms with E-state index in [1.54, 1.807) is 29.0 Å². The maximum Gasteiger partial charge on any atom is 0.316 e. The highest BCUT2D eigenvalue weighted by molar-refractivity contribution is 6.31. The Morgan fingerprint density at radius 1 is 1.27 bits per heavy atom. The molecule has 3 aromatic rings. The first kappa shape index (κ1) is 19.7. The monoisotopic (exact) mass is 428 g/mol. The number of rotatable bonds is 5. The zero-order chi connectivity index (χ0) is 21.3. The summed E-state index contributed by atoms with van der Waals surface area (Å²) < 4.78 is 33.6. The summed E-state index contributed by atoms with van der Waals surface area (Å²) in [5.74, 6) is -1.71. The molecule has 6 nitrogen and oxygen atoms in total. The van der Waals surface area contributed by atoms with Gasteiger partial charge in [-0.1, -0.05) is 17.7 Å². The number of benzene rings is 2. The molecule has 0 fully saturated rings. The second kappa shape index (κ2) is 8.02. The number of nitrogens with one attached hydrogen (secondary N) is 2. The normalized spacial score (nSPS) is 11.7. The summed E-state index contributed by atoms with van der Waals surface area (Å²) in [7, 11) is 1.35. The van der Waals surface area contributed by atoms with E-state index in [9.17, 15) is 13.6 Å². The molecule has 0 amide bonds. The van der Waals surface area contributed by atoms with Gasteiger partial charge in [0.15, 0.2) is 11.6 Å². The molecule has 152 valence electrons. The Morgan fingerprint density at radius 2 is 2.10 bits per heavy atom. The first-order valence-electron chi connectivity index (χ1n) is 8.82. The second-order valence-corrected chi connectivity index (χ2v) is 6.89. The molecule has 0 saturated heterocycles. The molecule has 1 aromatic heterocycles. The summed E-state index contributed by atoms with van der Waals surface area (Å²) in [6.45, 7) is 0.111. The van der Waals surface area contributed by atoms with E-state index in [4.69, 9.17) is 16.3 Å². The number of nitrogens with zero attached hydrogens (tertiary/aromatic N) is 2. The SMILES string of the molecule is COc1cn(Cc2ccc(F)c(F)c2)c(Nc2cc(Cl)cc3c2C=C=CN3)nc1=O. The third kappa shape index (κ3) is 3.91. The Kier molecular flexibility index (Phi) is 5.27. The Balaban J connectivity index is 1.78. The summed E-state index contributed by atoms with van der Waals surface area (Å²) >= 11 is 6.21. The summed E-state index contributed by atoms with van der Waals surface area (Å²) in [6.07, 6.45) is 4.85. The molecule has 2 N–H and O–H groups in total. The lowest BCUT2D eigenvalue weighted by Crippen LogP contribution is -2.19. The van der Waals surface area contributed by atoms with Crippen molar-refractivity contribution in [2.75, 3.05) is 17.7 Å². The van der Waals surface area contributed by atoms with Crippen molar-refractivity contribution < 1.29 is 13.5 Å². The molecule has 2 heterocycles. The summed E-state index contributed by atoms with van der Waals surface area (Å²) in [5, 5.41) is 6.61. The van der Waals surface area contributed by atoms with Gasteiger partial charge < -0.3 is 19.9 Å². The fourth-order valence-electron chi connectivity index (χ4n) is 3.03. The Bertz CT molecular complexity index is 1270. The highest BCUT2D eigenvalue weighted by atomic mass is 35.5. The minimum atomic E-state index is -0.963. The van der Waals surface area contributed by atoms with Gasteiger partial charge in [-0.3, -0.25) is 4.79 Å². The highest BCUT2D eigenvalue weighted by Gasteiger charge is 2.15. The molecule has 0 aliphatic carbocycles. The van der Waals surface area contributed by atoms with Crippen molar-refractivity contribution in [1.82, 2.24) is 9.55 Å². The highest BCUT2D eigenvalue weighted by Crippen LogP contribution is 2.33. The van der Waals surface area contributed by atoms with Crippen LogP contribution in [0.1, 0.15) is 11.1 Å². The van der Waals surface area contributed by atoms with Crippen LogP contribution in [0, 0.1) is 11.6 Å². The van der Waals surface area contributed by atoms with Crippen molar-refractivity contribution >= 4 is 35.0 Å². The van der Waals surface area contributed by atoms with Gasteiger partial charge in [0, 0.05) is 22.5 Å². The van der Waals surface area contributed by atoms with Gasteiger partial charge in [-0.2, -0.15) is 4.98 Å². The molecule has 0 radical (unpaired) electrons. The summed E-state index contributed by atoms with van der Waals surface area (Å²) in [5.41, 5.74) is 4.96. The van der Waals surface area contributed by atoms with Crippen LogP contribution in [0.5, 0.6) is 5.75 Å². The van der Waals surface area contributed by atoms with Gasteiger partial charge in [-0.25, -0.2) is 8.78 Å². The largest absolute Gasteiger partial charge is 0.490 e. The number of methoxy groups -OCH3 is 1. The average molecular weight is 429 g/mol. The molecule has 9 heteroatoms. The van der Waals surface area contributed by atoms with Crippen LogP contribution < -0.4 is 20.9 Å². The molecule has 1 aliphatic rings. The van der Waals surface area contributed by atoms with E-state index in [0.29, 0.717) is 16.3 Å². The van der Waals surface area contributed by atoms with Crippen molar-refractivity contribution in [2.24, 2.45) is 0 Å². The molecule has 1 aliphatic heterocycles. The van der Waals surface area contributed by atoms with Crippen molar-refractivity contribution in [2.45, 2.75) is 6.54 Å². The van der Waals surface area contributed by atoms with Crippen LogP contribution in [0.3, 0.4) is 0 Å². The van der Waals surface area contributed by atoms with Crippen molar-refractivity contribution in [3.05, 3.63) is 86.6 Å². The lowest BCUT2D eigenvalue weighted by Gasteiger charge is -2.19. The molecular formula is C21H15ClF2N4O2. The minimum Gasteiger partial charge on any atom is -0.490 e. The lowest BCUT2D eigenvalue weighted by atomic mass is 10.1. The first-order chi connectivity index (χ1) is 14.4. The number of aromatic nitrogens is 2. The van der Waals surface area contributed by atoms with Gasteiger partial charge in [0.05, 0.1) is 25.5 Å². The maximum atomic E-state index is 13.6. The standard InChI is InChI=1S/C21H15ClF2N4O2/c1-30-19-11-28(10-12-4-5-15(23)16(24)7-12)21(27-20(19)29)26-18-9-13(22)8-17-14(18)3-2-6-25-17/h3-9,11,25H,10H2,1H3,(H,26,27,29). The maximum absolute atomic E-state index is 13.6. The average Bonchev–Trinajstić information content (AvgIpc) is 2.72. The van der Waals surface area contributed by atoms with Crippen LogP contribution in [-0.2, 0) is 6.54 Å². The zero-order valence-electron chi connectivity index (χ0n) is 15.7. The lowest BCUT2D eigenvalue weighted by molar-refractivity contribution is 0.402. The number of halogens is 3. The molecule has 0 saturated carbocycles. The predicted octanol–water partition coefficient (Wildman–Crippen LogP) is 4.53. The molecule has 4 rings (SSSR count). The van der Waals surface area contributed by atoms with Crippen LogP contribution in [0.2, 0.25) is 5.02 Å². The van der Waals surface area contributed by atoms with Gasteiger partial charge >= 0.3 is 5.56 Å². The van der Waals surface area contributed by atoms with E-state index in [1.807, 2.05) is 0 Å². The number of fused-ring (bicyclic) bond motifs is 1. The molecule has 0 bridgehead atoms.